The van der Waals surface area contributed by atoms with Gasteiger partial charge in [-0.1, -0.05) is 0 Å². The Balaban J connectivity index is 1.96. The lowest BCUT2D eigenvalue weighted by molar-refractivity contribution is -0.122. The Kier molecular flexibility index (Phi) is 3.49. The van der Waals surface area contributed by atoms with Crippen LogP contribution < -0.4 is 0 Å². The highest BCUT2D eigenvalue weighted by atomic mass is 79.9. The van der Waals surface area contributed by atoms with Gasteiger partial charge in [0.05, 0.1) is 6.61 Å². The Morgan fingerprint density at radius 1 is 1.60 bits per heavy atom. The number of carbonyl (C=O) groups is 1. The van der Waals surface area contributed by atoms with E-state index >= 15 is 0 Å². The summed E-state index contributed by atoms with van der Waals surface area (Å²) < 4.78 is 6.12. The highest BCUT2D eigenvalue weighted by Gasteiger charge is 2.23. The van der Waals surface area contributed by atoms with Crippen LogP contribution in [0.1, 0.15) is 12.1 Å². The van der Waals surface area contributed by atoms with E-state index in [4.69, 9.17) is 4.74 Å². The number of hydrogen-bond acceptors (Lipinski definition) is 3. The van der Waals surface area contributed by atoms with Crippen LogP contribution in [0.15, 0.2) is 22.8 Å². The van der Waals surface area contributed by atoms with Crippen LogP contribution in [0.3, 0.4) is 0 Å². The number of ether oxygens (including phenoxy) is 1. The molecular formula is C11H12BrNO2. The molecule has 1 saturated heterocycles. The first-order valence-electron chi connectivity index (χ1n) is 4.96. The second-order valence-corrected chi connectivity index (χ2v) is 4.59. The molecule has 0 radical (unpaired) electrons. The van der Waals surface area contributed by atoms with Crippen LogP contribution in [-0.4, -0.2) is 24.0 Å². The molecule has 2 heterocycles. The van der Waals surface area contributed by atoms with Crippen LogP contribution in [0.4, 0.5) is 0 Å². The zero-order chi connectivity index (χ0) is 10.7. The molecule has 2 rings (SSSR count). The van der Waals surface area contributed by atoms with E-state index in [9.17, 15) is 4.79 Å². The van der Waals surface area contributed by atoms with Gasteiger partial charge in [0.2, 0.25) is 0 Å². The van der Waals surface area contributed by atoms with Crippen molar-refractivity contribution in [3.05, 3.63) is 28.5 Å². The molecule has 1 unspecified atom stereocenters. The van der Waals surface area contributed by atoms with E-state index in [1.54, 1.807) is 6.20 Å². The molecule has 0 amide bonds. The van der Waals surface area contributed by atoms with Gasteiger partial charge in [-0.3, -0.25) is 9.78 Å². The molecule has 0 aromatic carbocycles. The Hall–Kier alpha value is -0.740. The van der Waals surface area contributed by atoms with Crippen molar-refractivity contribution in [1.82, 2.24) is 4.98 Å². The minimum Gasteiger partial charge on any atom is -0.381 e. The number of pyridine rings is 1. The maximum atomic E-state index is 11.8. The minimum atomic E-state index is 0.0791. The topological polar surface area (TPSA) is 39.2 Å². The standard InChI is InChI=1S/C11H12BrNO2/c12-9-1-2-10(13-6-9)5-11(14)8-3-4-15-7-8/h1-2,6,8H,3-5,7H2. The van der Waals surface area contributed by atoms with Gasteiger partial charge in [0.1, 0.15) is 5.78 Å². The molecule has 1 atom stereocenters. The van der Waals surface area contributed by atoms with Gasteiger partial charge in [-0.2, -0.15) is 0 Å². The van der Waals surface area contributed by atoms with Crippen molar-refractivity contribution in [1.29, 1.82) is 0 Å². The molecule has 0 aliphatic carbocycles. The lowest BCUT2D eigenvalue weighted by Gasteiger charge is -2.05. The molecule has 80 valence electrons. The predicted octanol–water partition coefficient (Wildman–Crippen LogP) is 1.99. The number of Topliss-reactive ketones (excluding diaryl/α,β-unsaturated/α-hetero) is 1. The van der Waals surface area contributed by atoms with Gasteiger partial charge in [0.25, 0.3) is 0 Å². The molecule has 0 N–H and O–H groups in total. The molecule has 1 aromatic rings. The van der Waals surface area contributed by atoms with E-state index in [0.29, 0.717) is 19.6 Å². The van der Waals surface area contributed by atoms with Crippen molar-refractivity contribution < 1.29 is 9.53 Å². The third-order valence-electron chi connectivity index (χ3n) is 2.53. The summed E-state index contributed by atoms with van der Waals surface area (Å²) in [4.78, 5) is 15.9. The minimum absolute atomic E-state index is 0.0791. The highest BCUT2D eigenvalue weighted by molar-refractivity contribution is 9.10. The summed E-state index contributed by atoms with van der Waals surface area (Å²) in [5.74, 6) is 0.317. The van der Waals surface area contributed by atoms with Crippen molar-refractivity contribution in [3.8, 4) is 0 Å². The van der Waals surface area contributed by atoms with Gasteiger partial charge >= 0.3 is 0 Å². The maximum Gasteiger partial charge on any atom is 0.144 e. The molecule has 1 fully saturated rings. The van der Waals surface area contributed by atoms with Gasteiger partial charge in [0, 0.05) is 35.3 Å². The fourth-order valence-corrected chi connectivity index (χ4v) is 1.86. The van der Waals surface area contributed by atoms with Crippen LogP contribution in [0.2, 0.25) is 0 Å². The Morgan fingerprint density at radius 3 is 3.07 bits per heavy atom. The molecule has 0 bridgehead atoms. The van der Waals surface area contributed by atoms with E-state index in [1.165, 1.54) is 0 Å². The summed E-state index contributed by atoms with van der Waals surface area (Å²) in [7, 11) is 0. The molecule has 1 aromatic heterocycles. The van der Waals surface area contributed by atoms with Crippen LogP contribution in [-0.2, 0) is 16.0 Å². The van der Waals surface area contributed by atoms with Gasteiger partial charge in [-0.05, 0) is 34.5 Å². The van der Waals surface area contributed by atoms with Crippen molar-refractivity contribution in [2.45, 2.75) is 12.8 Å². The van der Waals surface area contributed by atoms with Crippen LogP contribution >= 0.6 is 15.9 Å². The lowest BCUT2D eigenvalue weighted by Crippen LogP contribution is -2.17. The van der Waals surface area contributed by atoms with Crippen LogP contribution in [0.5, 0.6) is 0 Å². The van der Waals surface area contributed by atoms with E-state index in [2.05, 4.69) is 20.9 Å². The van der Waals surface area contributed by atoms with E-state index < -0.39 is 0 Å². The zero-order valence-corrected chi connectivity index (χ0v) is 9.87. The maximum absolute atomic E-state index is 11.8. The quantitative estimate of drug-likeness (QED) is 0.843. The van der Waals surface area contributed by atoms with Crippen molar-refractivity contribution in [2.75, 3.05) is 13.2 Å². The number of carbonyl (C=O) groups excluding carboxylic acids is 1. The predicted molar refractivity (Wildman–Crippen MR) is 59.6 cm³/mol. The second kappa shape index (κ2) is 4.86. The molecule has 3 nitrogen and oxygen atoms in total. The molecule has 4 heteroatoms. The molecule has 0 spiro atoms. The molecule has 1 aliphatic rings. The van der Waals surface area contributed by atoms with E-state index in [-0.39, 0.29) is 11.7 Å². The number of halogens is 1. The summed E-state index contributed by atoms with van der Waals surface area (Å²) >= 11 is 3.31. The fourth-order valence-electron chi connectivity index (χ4n) is 1.62. The summed E-state index contributed by atoms with van der Waals surface area (Å²) in [5.41, 5.74) is 0.829. The largest absolute Gasteiger partial charge is 0.381 e. The van der Waals surface area contributed by atoms with E-state index in [0.717, 1.165) is 16.6 Å². The Bertz CT molecular complexity index is 344. The molecular weight excluding hydrogens is 258 g/mol. The number of aromatic nitrogens is 1. The first kappa shape index (κ1) is 10.8. The summed E-state index contributed by atoms with van der Waals surface area (Å²) in [6.07, 6.45) is 2.99. The summed E-state index contributed by atoms with van der Waals surface area (Å²) in [6, 6.07) is 3.78. The average Bonchev–Trinajstić information content (AvgIpc) is 2.74. The van der Waals surface area contributed by atoms with E-state index in [1.807, 2.05) is 12.1 Å². The highest BCUT2D eigenvalue weighted by Crippen LogP contribution is 2.16. The fraction of sp³-hybridized carbons (Fsp3) is 0.455. The number of nitrogens with zero attached hydrogens (tertiary/aromatic N) is 1. The third-order valence-corrected chi connectivity index (χ3v) is 3.00. The van der Waals surface area contributed by atoms with Gasteiger partial charge in [0.15, 0.2) is 0 Å². The number of hydrogen-bond donors (Lipinski definition) is 0. The molecule has 15 heavy (non-hydrogen) atoms. The first-order valence-corrected chi connectivity index (χ1v) is 5.76. The van der Waals surface area contributed by atoms with Gasteiger partial charge < -0.3 is 4.74 Å². The number of ketones is 1. The summed E-state index contributed by atoms with van der Waals surface area (Å²) in [5, 5.41) is 0. The monoisotopic (exact) mass is 269 g/mol. The lowest BCUT2D eigenvalue weighted by atomic mass is 9.99. The van der Waals surface area contributed by atoms with Crippen molar-refractivity contribution >= 4 is 21.7 Å². The Morgan fingerprint density at radius 2 is 2.47 bits per heavy atom. The SMILES string of the molecule is O=C(Cc1ccc(Br)cn1)C1CCOC1. The first-order chi connectivity index (χ1) is 7.25. The zero-order valence-electron chi connectivity index (χ0n) is 8.28. The summed E-state index contributed by atoms with van der Waals surface area (Å²) in [6.45, 7) is 1.29. The Labute approximate surface area is 97.0 Å². The smallest absolute Gasteiger partial charge is 0.144 e. The van der Waals surface area contributed by atoms with Crippen molar-refractivity contribution in [3.63, 3.8) is 0 Å². The van der Waals surface area contributed by atoms with Gasteiger partial charge in [-0.15, -0.1) is 0 Å². The molecule has 1 aliphatic heterocycles. The van der Waals surface area contributed by atoms with Crippen molar-refractivity contribution in [2.24, 2.45) is 5.92 Å². The number of rotatable bonds is 3. The van der Waals surface area contributed by atoms with Crippen LogP contribution in [0, 0.1) is 5.92 Å². The van der Waals surface area contributed by atoms with Crippen LogP contribution in [0.25, 0.3) is 0 Å². The van der Waals surface area contributed by atoms with Gasteiger partial charge in [-0.25, -0.2) is 0 Å². The second-order valence-electron chi connectivity index (χ2n) is 3.67. The third kappa shape index (κ3) is 2.86. The molecule has 0 saturated carbocycles. The average molecular weight is 270 g/mol. The normalized spacial score (nSPS) is 20.5.